The van der Waals surface area contributed by atoms with Crippen LogP contribution in [0, 0.1) is 29.9 Å². The SMILES string of the molecule is Cc1cnc(CN2CC3CCCNC3C2)c(C)c1[N+](=O)[O-]. The maximum absolute atomic E-state index is 11.2. The first-order valence-electron chi connectivity index (χ1n) is 7.61. The highest BCUT2D eigenvalue weighted by molar-refractivity contribution is 5.47. The molecule has 2 unspecified atom stereocenters. The van der Waals surface area contributed by atoms with Crippen molar-refractivity contribution < 1.29 is 4.92 Å². The summed E-state index contributed by atoms with van der Waals surface area (Å²) in [6, 6.07) is 0.583. The minimum atomic E-state index is -0.291. The molecule has 0 radical (unpaired) electrons. The Hall–Kier alpha value is -1.53. The summed E-state index contributed by atoms with van der Waals surface area (Å²) in [6.45, 7) is 7.48. The predicted molar refractivity (Wildman–Crippen MR) is 80.2 cm³/mol. The van der Waals surface area contributed by atoms with Gasteiger partial charge in [-0.2, -0.15) is 0 Å². The summed E-state index contributed by atoms with van der Waals surface area (Å²) in [6.07, 6.45) is 4.17. The van der Waals surface area contributed by atoms with Gasteiger partial charge in [-0.15, -0.1) is 0 Å². The topological polar surface area (TPSA) is 71.3 Å². The number of aromatic nitrogens is 1. The maximum atomic E-state index is 11.2. The van der Waals surface area contributed by atoms with E-state index in [1.807, 2.05) is 6.92 Å². The molecule has 114 valence electrons. The van der Waals surface area contributed by atoms with Gasteiger partial charge in [-0.1, -0.05) is 0 Å². The molecule has 0 amide bonds. The van der Waals surface area contributed by atoms with Crippen molar-refractivity contribution in [2.24, 2.45) is 5.92 Å². The van der Waals surface area contributed by atoms with Gasteiger partial charge in [-0.3, -0.25) is 20.0 Å². The summed E-state index contributed by atoms with van der Waals surface area (Å²) in [5.41, 5.74) is 2.40. The lowest BCUT2D eigenvalue weighted by Gasteiger charge is -2.24. The van der Waals surface area contributed by atoms with Crippen LogP contribution in [0.5, 0.6) is 0 Å². The fraction of sp³-hybridized carbons (Fsp3) is 0.667. The van der Waals surface area contributed by atoms with Crippen LogP contribution < -0.4 is 5.32 Å². The lowest BCUT2D eigenvalue weighted by atomic mass is 9.94. The summed E-state index contributed by atoms with van der Waals surface area (Å²) in [7, 11) is 0. The van der Waals surface area contributed by atoms with Gasteiger partial charge >= 0.3 is 0 Å². The van der Waals surface area contributed by atoms with E-state index >= 15 is 0 Å². The number of nitro groups is 1. The van der Waals surface area contributed by atoms with Crippen LogP contribution in [0.3, 0.4) is 0 Å². The molecule has 6 nitrogen and oxygen atoms in total. The molecule has 1 aromatic rings. The van der Waals surface area contributed by atoms with Crippen molar-refractivity contribution in [1.29, 1.82) is 0 Å². The van der Waals surface area contributed by atoms with Crippen LogP contribution >= 0.6 is 0 Å². The molecule has 2 fully saturated rings. The van der Waals surface area contributed by atoms with Gasteiger partial charge in [-0.05, 0) is 39.2 Å². The van der Waals surface area contributed by atoms with Crippen LogP contribution in [-0.4, -0.2) is 40.5 Å². The monoisotopic (exact) mass is 290 g/mol. The Morgan fingerprint density at radius 3 is 3.00 bits per heavy atom. The smallest absolute Gasteiger partial charge is 0.278 e. The first-order valence-corrected chi connectivity index (χ1v) is 7.61. The van der Waals surface area contributed by atoms with Gasteiger partial charge in [-0.25, -0.2) is 0 Å². The van der Waals surface area contributed by atoms with Crippen molar-refractivity contribution in [3.8, 4) is 0 Å². The molecule has 3 rings (SSSR count). The molecule has 6 heteroatoms. The third-order valence-corrected chi connectivity index (χ3v) is 4.81. The molecule has 0 aromatic carbocycles. The second-order valence-corrected chi connectivity index (χ2v) is 6.28. The zero-order chi connectivity index (χ0) is 15.0. The number of aryl methyl sites for hydroxylation is 1. The average Bonchev–Trinajstić information content (AvgIpc) is 2.84. The molecular formula is C15H22N4O2. The minimum absolute atomic E-state index is 0.217. The molecule has 0 spiro atoms. The van der Waals surface area contributed by atoms with Crippen molar-refractivity contribution in [2.75, 3.05) is 19.6 Å². The number of likely N-dealkylation sites (tertiary alicyclic amines) is 1. The van der Waals surface area contributed by atoms with E-state index in [4.69, 9.17) is 0 Å². The second kappa shape index (κ2) is 5.69. The number of hydrogen-bond acceptors (Lipinski definition) is 5. The number of piperidine rings is 1. The predicted octanol–water partition coefficient (Wildman–Crippen LogP) is 1.79. The van der Waals surface area contributed by atoms with Crippen molar-refractivity contribution >= 4 is 5.69 Å². The Morgan fingerprint density at radius 2 is 2.29 bits per heavy atom. The van der Waals surface area contributed by atoms with Crippen LogP contribution in [0.4, 0.5) is 5.69 Å². The third-order valence-electron chi connectivity index (χ3n) is 4.81. The van der Waals surface area contributed by atoms with Gasteiger partial charge in [0.05, 0.1) is 10.6 Å². The van der Waals surface area contributed by atoms with Crippen LogP contribution in [0.1, 0.15) is 29.7 Å². The molecule has 1 N–H and O–H groups in total. The van der Waals surface area contributed by atoms with Gasteiger partial charge < -0.3 is 5.32 Å². The second-order valence-electron chi connectivity index (χ2n) is 6.28. The van der Waals surface area contributed by atoms with Crippen molar-refractivity contribution in [2.45, 2.75) is 39.3 Å². The Labute approximate surface area is 124 Å². The Bertz CT molecular complexity index is 547. The molecule has 2 saturated heterocycles. The van der Waals surface area contributed by atoms with Crippen LogP contribution in [0.25, 0.3) is 0 Å². The third kappa shape index (κ3) is 2.78. The van der Waals surface area contributed by atoms with Crippen molar-refractivity contribution in [3.05, 3.63) is 33.1 Å². The maximum Gasteiger partial charge on any atom is 0.278 e. The Kier molecular flexibility index (Phi) is 3.91. The van der Waals surface area contributed by atoms with E-state index in [0.717, 1.165) is 31.2 Å². The van der Waals surface area contributed by atoms with E-state index in [1.54, 1.807) is 13.1 Å². The van der Waals surface area contributed by atoms with Gasteiger partial charge in [0.1, 0.15) is 0 Å². The lowest BCUT2D eigenvalue weighted by molar-refractivity contribution is -0.386. The lowest BCUT2D eigenvalue weighted by Crippen LogP contribution is -2.40. The highest BCUT2D eigenvalue weighted by Crippen LogP contribution is 2.28. The molecule has 0 saturated carbocycles. The Morgan fingerprint density at radius 1 is 1.48 bits per heavy atom. The van der Waals surface area contributed by atoms with Gasteiger partial charge in [0, 0.05) is 43.0 Å². The highest BCUT2D eigenvalue weighted by atomic mass is 16.6. The molecule has 1 aromatic heterocycles. The zero-order valence-electron chi connectivity index (χ0n) is 12.6. The molecule has 3 heterocycles. The summed E-state index contributed by atoms with van der Waals surface area (Å²) < 4.78 is 0. The molecular weight excluding hydrogens is 268 g/mol. The molecule has 2 atom stereocenters. The number of pyridine rings is 1. The average molecular weight is 290 g/mol. The van der Waals surface area contributed by atoms with E-state index in [2.05, 4.69) is 15.2 Å². The molecule has 21 heavy (non-hydrogen) atoms. The summed E-state index contributed by atoms with van der Waals surface area (Å²) in [5, 5.41) is 14.8. The largest absolute Gasteiger partial charge is 0.312 e. The molecule has 2 aliphatic heterocycles. The van der Waals surface area contributed by atoms with Gasteiger partial charge in [0.15, 0.2) is 0 Å². The fourth-order valence-corrected chi connectivity index (χ4v) is 3.68. The minimum Gasteiger partial charge on any atom is -0.312 e. The van der Waals surface area contributed by atoms with Crippen LogP contribution in [-0.2, 0) is 6.54 Å². The number of nitrogens with one attached hydrogen (secondary N) is 1. The number of hydrogen-bond donors (Lipinski definition) is 1. The summed E-state index contributed by atoms with van der Waals surface area (Å²) >= 11 is 0. The number of fused-ring (bicyclic) bond motifs is 1. The Balaban J connectivity index is 1.77. The van der Waals surface area contributed by atoms with E-state index in [1.165, 1.54) is 12.8 Å². The quantitative estimate of drug-likeness (QED) is 0.679. The number of nitrogens with zero attached hydrogens (tertiary/aromatic N) is 3. The summed E-state index contributed by atoms with van der Waals surface area (Å²) in [5.74, 6) is 0.722. The van der Waals surface area contributed by atoms with Crippen molar-refractivity contribution in [3.63, 3.8) is 0 Å². The van der Waals surface area contributed by atoms with Gasteiger partial charge in [0.25, 0.3) is 5.69 Å². The molecule has 2 aliphatic rings. The first-order chi connectivity index (χ1) is 10.1. The van der Waals surface area contributed by atoms with Gasteiger partial charge in [0.2, 0.25) is 0 Å². The van der Waals surface area contributed by atoms with E-state index in [0.29, 0.717) is 23.7 Å². The normalized spacial score (nSPS) is 25.8. The van der Waals surface area contributed by atoms with Crippen molar-refractivity contribution in [1.82, 2.24) is 15.2 Å². The molecule has 0 aliphatic carbocycles. The first kappa shape index (κ1) is 14.4. The zero-order valence-corrected chi connectivity index (χ0v) is 12.6. The fourth-order valence-electron chi connectivity index (χ4n) is 3.68. The van der Waals surface area contributed by atoms with Crippen LogP contribution in [0.2, 0.25) is 0 Å². The van der Waals surface area contributed by atoms with E-state index in [9.17, 15) is 10.1 Å². The highest BCUT2D eigenvalue weighted by Gasteiger charge is 2.34. The number of rotatable bonds is 3. The van der Waals surface area contributed by atoms with Crippen LogP contribution in [0.15, 0.2) is 6.20 Å². The van der Waals surface area contributed by atoms with E-state index in [-0.39, 0.29) is 10.6 Å². The molecule has 0 bridgehead atoms. The standard InChI is InChI=1S/C15H22N4O2/c1-10-6-17-13(11(2)15(10)19(20)21)8-18-7-12-4-3-5-16-14(12)9-18/h6,12,14,16H,3-5,7-9H2,1-2H3. The van der Waals surface area contributed by atoms with E-state index < -0.39 is 0 Å². The summed E-state index contributed by atoms with van der Waals surface area (Å²) in [4.78, 5) is 17.7.